The molecule has 0 fully saturated rings. The molecule has 6 rings (SSSR count). The third kappa shape index (κ3) is 3.07. The predicted octanol–water partition coefficient (Wildman–Crippen LogP) is 5.39. The Labute approximate surface area is 187 Å². The lowest BCUT2D eigenvalue weighted by Gasteiger charge is -2.07. The van der Waals surface area contributed by atoms with Crippen LogP contribution in [-0.4, -0.2) is 31.6 Å². The van der Waals surface area contributed by atoms with Gasteiger partial charge in [0.05, 0.1) is 35.0 Å². The smallest absolute Gasteiger partial charge is 0.237 e. The highest BCUT2D eigenvalue weighted by molar-refractivity contribution is 7.98. The molecule has 6 aromatic rings. The second-order valence-corrected chi connectivity index (χ2v) is 8.11. The zero-order chi connectivity index (χ0) is 21.5. The summed E-state index contributed by atoms with van der Waals surface area (Å²) in [4.78, 5) is 14.3. The van der Waals surface area contributed by atoms with Crippen molar-refractivity contribution in [1.29, 1.82) is 0 Å². The summed E-state index contributed by atoms with van der Waals surface area (Å²) in [5, 5.41) is 5.98. The van der Waals surface area contributed by atoms with Crippen molar-refractivity contribution in [3.05, 3.63) is 78.7 Å². The first-order valence-electron chi connectivity index (χ1n) is 10.1. The second-order valence-electron chi connectivity index (χ2n) is 7.17. The van der Waals surface area contributed by atoms with Crippen LogP contribution in [-0.2, 0) is 5.75 Å². The van der Waals surface area contributed by atoms with Crippen molar-refractivity contribution in [1.82, 2.24) is 24.5 Å². The Balaban J connectivity index is 1.40. The van der Waals surface area contributed by atoms with Gasteiger partial charge in [-0.2, -0.15) is 4.98 Å². The lowest BCUT2D eigenvalue weighted by Crippen LogP contribution is -1.97. The molecule has 0 aliphatic carbocycles. The van der Waals surface area contributed by atoms with Crippen LogP contribution in [0, 0.1) is 0 Å². The first kappa shape index (κ1) is 18.8. The summed E-state index contributed by atoms with van der Waals surface area (Å²) in [6.45, 7) is 0. The van der Waals surface area contributed by atoms with E-state index in [4.69, 9.17) is 19.2 Å². The number of ether oxygens (including phenoxy) is 1. The Morgan fingerprint density at radius 2 is 1.66 bits per heavy atom. The number of para-hydroxylation sites is 4. The normalized spacial score (nSPS) is 11.5. The van der Waals surface area contributed by atoms with Crippen molar-refractivity contribution in [3.63, 3.8) is 0 Å². The minimum Gasteiger partial charge on any atom is -0.496 e. The van der Waals surface area contributed by atoms with E-state index in [0.29, 0.717) is 23.2 Å². The summed E-state index contributed by atoms with van der Waals surface area (Å²) in [6.07, 6.45) is 0. The van der Waals surface area contributed by atoms with E-state index in [2.05, 4.69) is 26.7 Å². The zero-order valence-corrected chi connectivity index (χ0v) is 17.9. The minimum atomic E-state index is 0.481. The van der Waals surface area contributed by atoms with Gasteiger partial charge in [-0.3, -0.25) is 4.40 Å². The van der Waals surface area contributed by atoms with Gasteiger partial charge in [0.25, 0.3) is 0 Å². The van der Waals surface area contributed by atoms with Crippen LogP contribution < -0.4 is 4.74 Å². The molecule has 156 valence electrons. The summed E-state index contributed by atoms with van der Waals surface area (Å²) in [7, 11) is 1.63. The third-order valence-electron chi connectivity index (χ3n) is 5.25. The lowest BCUT2D eigenvalue weighted by molar-refractivity contribution is 0.390. The van der Waals surface area contributed by atoms with Gasteiger partial charge < -0.3 is 9.26 Å². The van der Waals surface area contributed by atoms with Crippen molar-refractivity contribution in [2.45, 2.75) is 10.9 Å². The predicted molar refractivity (Wildman–Crippen MR) is 124 cm³/mol. The molecule has 8 heteroatoms. The standard InChI is InChI=1S/C24H17N5O2S/c1-30-20-13-7-3-9-16(20)22-27-21(31-28-22)14-32-24-26-17-10-4-2-8-15(17)23-25-18-11-5-6-12-19(18)29(23)24/h2-13H,14H2,1H3. The van der Waals surface area contributed by atoms with Crippen LogP contribution in [0.4, 0.5) is 0 Å². The van der Waals surface area contributed by atoms with Gasteiger partial charge in [-0.1, -0.05) is 53.3 Å². The van der Waals surface area contributed by atoms with Crippen LogP contribution in [0.2, 0.25) is 0 Å². The number of imidazole rings is 1. The van der Waals surface area contributed by atoms with E-state index in [0.717, 1.165) is 38.3 Å². The van der Waals surface area contributed by atoms with E-state index in [1.807, 2.05) is 60.7 Å². The number of nitrogens with zero attached hydrogens (tertiary/aromatic N) is 5. The molecule has 0 unspecified atom stereocenters. The van der Waals surface area contributed by atoms with E-state index in [9.17, 15) is 0 Å². The average Bonchev–Trinajstić information content (AvgIpc) is 3.48. The first-order valence-corrected chi connectivity index (χ1v) is 11.0. The molecule has 0 spiro atoms. The van der Waals surface area contributed by atoms with Crippen LogP contribution >= 0.6 is 11.8 Å². The Morgan fingerprint density at radius 1 is 0.875 bits per heavy atom. The Hall–Kier alpha value is -3.91. The second kappa shape index (κ2) is 7.65. The third-order valence-corrected chi connectivity index (χ3v) is 6.18. The Kier molecular flexibility index (Phi) is 4.50. The quantitative estimate of drug-likeness (QED) is 0.263. The van der Waals surface area contributed by atoms with E-state index in [-0.39, 0.29) is 0 Å². The Bertz CT molecular complexity index is 1590. The molecule has 0 amide bonds. The molecule has 32 heavy (non-hydrogen) atoms. The highest BCUT2D eigenvalue weighted by atomic mass is 32.2. The number of hydrogen-bond acceptors (Lipinski definition) is 7. The van der Waals surface area contributed by atoms with E-state index >= 15 is 0 Å². The van der Waals surface area contributed by atoms with Crippen molar-refractivity contribution >= 4 is 39.3 Å². The highest BCUT2D eigenvalue weighted by Crippen LogP contribution is 2.31. The number of hydrogen-bond donors (Lipinski definition) is 0. The molecule has 7 nitrogen and oxygen atoms in total. The van der Waals surface area contributed by atoms with Crippen molar-refractivity contribution in [3.8, 4) is 17.1 Å². The van der Waals surface area contributed by atoms with E-state index in [1.54, 1.807) is 18.9 Å². The van der Waals surface area contributed by atoms with E-state index < -0.39 is 0 Å². The van der Waals surface area contributed by atoms with Gasteiger partial charge in [-0.25, -0.2) is 9.97 Å². The topological polar surface area (TPSA) is 78.3 Å². The van der Waals surface area contributed by atoms with Gasteiger partial charge in [0, 0.05) is 5.39 Å². The van der Waals surface area contributed by atoms with Crippen molar-refractivity contribution in [2.24, 2.45) is 0 Å². The summed E-state index contributed by atoms with van der Waals surface area (Å²) in [5.41, 5.74) is 4.53. The fourth-order valence-corrected chi connectivity index (χ4v) is 4.64. The molecule has 0 bridgehead atoms. The fourth-order valence-electron chi connectivity index (χ4n) is 3.79. The van der Waals surface area contributed by atoms with Gasteiger partial charge in [-0.05, 0) is 36.4 Å². The molecular formula is C24H17N5O2S. The summed E-state index contributed by atoms with van der Waals surface area (Å²) >= 11 is 1.54. The molecule has 0 atom stereocenters. The molecule has 3 aromatic heterocycles. The molecule has 0 radical (unpaired) electrons. The summed E-state index contributed by atoms with van der Waals surface area (Å²) < 4.78 is 13.0. The van der Waals surface area contributed by atoms with Gasteiger partial charge >= 0.3 is 0 Å². The lowest BCUT2D eigenvalue weighted by atomic mass is 10.2. The van der Waals surface area contributed by atoms with E-state index in [1.165, 1.54) is 0 Å². The minimum absolute atomic E-state index is 0.481. The van der Waals surface area contributed by atoms with Crippen LogP contribution in [0.3, 0.4) is 0 Å². The molecule has 3 aromatic carbocycles. The van der Waals surface area contributed by atoms with Gasteiger partial charge in [0.1, 0.15) is 11.4 Å². The van der Waals surface area contributed by atoms with Crippen LogP contribution in [0.5, 0.6) is 5.75 Å². The first-order chi connectivity index (χ1) is 15.8. The molecule has 0 aliphatic heterocycles. The zero-order valence-electron chi connectivity index (χ0n) is 17.1. The summed E-state index contributed by atoms with van der Waals surface area (Å²) in [5.74, 6) is 2.20. The average molecular weight is 440 g/mol. The van der Waals surface area contributed by atoms with Crippen LogP contribution in [0.1, 0.15) is 5.89 Å². The Morgan fingerprint density at radius 3 is 2.56 bits per heavy atom. The number of benzene rings is 3. The number of methoxy groups -OCH3 is 1. The SMILES string of the molecule is COc1ccccc1-c1noc(CSc2nc3ccccc3c3nc4ccccc4n23)n1. The molecule has 0 N–H and O–H groups in total. The molecule has 0 aliphatic rings. The fraction of sp³-hybridized carbons (Fsp3) is 0.0833. The van der Waals surface area contributed by atoms with Crippen LogP contribution in [0.15, 0.2) is 82.5 Å². The number of rotatable bonds is 5. The molecule has 3 heterocycles. The van der Waals surface area contributed by atoms with Crippen molar-refractivity contribution < 1.29 is 9.26 Å². The number of aromatic nitrogens is 5. The maximum atomic E-state index is 5.52. The maximum Gasteiger partial charge on any atom is 0.237 e. The van der Waals surface area contributed by atoms with Crippen LogP contribution in [0.25, 0.3) is 39.0 Å². The number of thioether (sulfide) groups is 1. The van der Waals surface area contributed by atoms with Gasteiger partial charge in [-0.15, -0.1) is 0 Å². The van der Waals surface area contributed by atoms with Gasteiger partial charge in [0.15, 0.2) is 5.16 Å². The largest absolute Gasteiger partial charge is 0.496 e. The van der Waals surface area contributed by atoms with Gasteiger partial charge in [0.2, 0.25) is 11.7 Å². The molecular weight excluding hydrogens is 422 g/mol. The number of fused-ring (bicyclic) bond motifs is 5. The molecule has 0 saturated heterocycles. The van der Waals surface area contributed by atoms with Crippen molar-refractivity contribution in [2.75, 3.05) is 7.11 Å². The summed E-state index contributed by atoms with van der Waals surface area (Å²) in [6, 6.07) is 23.7. The molecule has 0 saturated carbocycles. The monoisotopic (exact) mass is 439 g/mol. The maximum absolute atomic E-state index is 5.52. The highest BCUT2D eigenvalue weighted by Gasteiger charge is 2.17.